The molecule has 2 amide bonds. The standard InChI is InChI=1S/C23H22ClN5O3/c24-19-14-25-23(29-11-4-5-12-29)28-21(19)22(31)27-17-9-6-10-18(13-17)32-15-20(30)26-16-7-2-1-3-8-16/h1-3,6-10,13-14H,4-5,11-12,15H2,(H,26,30)(H,27,31). The summed E-state index contributed by atoms with van der Waals surface area (Å²) in [6.45, 7) is 1.56. The predicted molar refractivity (Wildman–Crippen MR) is 123 cm³/mol. The van der Waals surface area contributed by atoms with E-state index in [9.17, 15) is 9.59 Å². The highest BCUT2D eigenvalue weighted by molar-refractivity contribution is 6.34. The molecule has 1 aliphatic heterocycles. The third-order valence-electron chi connectivity index (χ3n) is 4.85. The number of nitrogens with one attached hydrogen (secondary N) is 2. The zero-order valence-electron chi connectivity index (χ0n) is 17.3. The minimum Gasteiger partial charge on any atom is -0.484 e. The topological polar surface area (TPSA) is 96.4 Å². The monoisotopic (exact) mass is 451 g/mol. The van der Waals surface area contributed by atoms with E-state index in [-0.39, 0.29) is 23.2 Å². The van der Waals surface area contributed by atoms with E-state index in [1.165, 1.54) is 6.20 Å². The fourth-order valence-corrected chi connectivity index (χ4v) is 3.48. The first kappa shape index (κ1) is 21.6. The molecule has 9 heteroatoms. The van der Waals surface area contributed by atoms with Crippen molar-refractivity contribution in [2.75, 3.05) is 35.2 Å². The molecule has 1 saturated heterocycles. The number of nitrogens with zero attached hydrogens (tertiary/aromatic N) is 3. The number of rotatable bonds is 7. The zero-order valence-corrected chi connectivity index (χ0v) is 18.0. The first-order valence-electron chi connectivity index (χ1n) is 10.2. The van der Waals surface area contributed by atoms with Gasteiger partial charge in [0.05, 0.1) is 11.2 Å². The smallest absolute Gasteiger partial charge is 0.276 e. The van der Waals surface area contributed by atoms with Crippen molar-refractivity contribution in [1.82, 2.24) is 9.97 Å². The highest BCUT2D eigenvalue weighted by atomic mass is 35.5. The van der Waals surface area contributed by atoms with Crippen LogP contribution in [0.25, 0.3) is 0 Å². The molecular weight excluding hydrogens is 430 g/mol. The molecule has 0 bridgehead atoms. The summed E-state index contributed by atoms with van der Waals surface area (Å²) in [5.41, 5.74) is 1.29. The van der Waals surface area contributed by atoms with Crippen LogP contribution in [0.1, 0.15) is 23.3 Å². The summed E-state index contributed by atoms with van der Waals surface area (Å²) in [6, 6.07) is 15.9. The Kier molecular flexibility index (Phi) is 6.81. The number of benzene rings is 2. The van der Waals surface area contributed by atoms with Crippen LogP contribution in [0.3, 0.4) is 0 Å². The van der Waals surface area contributed by atoms with Crippen molar-refractivity contribution in [3.63, 3.8) is 0 Å². The Hall–Kier alpha value is -3.65. The number of ether oxygens (including phenoxy) is 1. The summed E-state index contributed by atoms with van der Waals surface area (Å²) in [7, 11) is 0. The summed E-state index contributed by atoms with van der Waals surface area (Å²) in [6.07, 6.45) is 3.59. The Bertz CT molecular complexity index is 1100. The Labute approximate surface area is 190 Å². The van der Waals surface area contributed by atoms with Crippen molar-refractivity contribution >= 4 is 40.7 Å². The van der Waals surface area contributed by atoms with Crippen molar-refractivity contribution in [3.05, 3.63) is 71.5 Å². The predicted octanol–water partition coefficient (Wildman–Crippen LogP) is 4.00. The second-order valence-electron chi connectivity index (χ2n) is 7.25. The summed E-state index contributed by atoms with van der Waals surface area (Å²) in [4.78, 5) is 35.5. The molecule has 1 aromatic heterocycles. The molecule has 0 spiro atoms. The van der Waals surface area contributed by atoms with Gasteiger partial charge in [-0.05, 0) is 37.1 Å². The van der Waals surface area contributed by atoms with E-state index in [1.807, 2.05) is 23.1 Å². The number of para-hydroxylation sites is 1. The highest BCUT2D eigenvalue weighted by Gasteiger charge is 2.20. The molecule has 4 rings (SSSR count). The average Bonchev–Trinajstić information content (AvgIpc) is 3.34. The second-order valence-corrected chi connectivity index (χ2v) is 7.65. The van der Waals surface area contributed by atoms with Crippen molar-refractivity contribution in [3.8, 4) is 5.75 Å². The maximum atomic E-state index is 12.8. The van der Waals surface area contributed by atoms with Gasteiger partial charge in [-0.3, -0.25) is 9.59 Å². The lowest BCUT2D eigenvalue weighted by atomic mass is 10.3. The van der Waals surface area contributed by atoms with E-state index < -0.39 is 5.91 Å². The minimum atomic E-state index is -0.447. The van der Waals surface area contributed by atoms with E-state index in [0.29, 0.717) is 23.1 Å². The van der Waals surface area contributed by atoms with Crippen molar-refractivity contribution in [1.29, 1.82) is 0 Å². The van der Waals surface area contributed by atoms with Gasteiger partial charge in [0.25, 0.3) is 11.8 Å². The first-order chi connectivity index (χ1) is 15.6. The first-order valence-corrected chi connectivity index (χ1v) is 10.6. The molecule has 2 heterocycles. The molecular formula is C23H22ClN5O3. The lowest BCUT2D eigenvalue weighted by Gasteiger charge is -2.16. The minimum absolute atomic E-state index is 0.108. The van der Waals surface area contributed by atoms with Crippen LogP contribution in [-0.4, -0.2) is 41.5 Å². The third-order valence-corrected chi connectivity index (χ3v) is 5.13. The van der Waals surface area contributed by atoms with Crippen LogP contribution in [0, 0.1) is 0 Å². The van der Waals surface area contributed by atoms with Gasteiger partial charge < -0.3 is 20.3 Å². The van der Waals surface area contributed by atoms with Crippen LogP contribution in [0.5, 0.6) is 5.75 Å². The van der Waals surface area contributed by atoms with E-state index in [1.54, 1.807) is 36.4 Å². The fraction of sp³-hybridized carbons (Fsp3) is 0.217. The maximum absolute atomic E-state index is 12.8. The summed E-state index contributed by atoms with van der Waals surface area (Å²) < 4.78 is 5.56. The van der Waals surface area contributed by atoms with Crippen molar-refractivity contribution in [2.45, 2.75) is 12.8 Å². The van der Waals surface area contributed by atoms with Crippen LogP contribution < -0.4 is 20.3 Å². The second kappa shape index (κ2) is 10.1. The van der Waals surface area contributed by atoms with Crippen LogP contribution in [0.2, 0.25) is 5.02 Å². The fourth-order valence-electron chi connectivity index (χ4n) is 3.31. The van der Waals surface area contributed by atoms with E-state index in [2.05, 4.69) is 20.6 Å². The highest BCUT2D eigenvalue weighted by Crippen LogP contribution is 2.22. The Balaban J connectivity index is 1.38. The molecule has 2 N–H and O–H groups in total. The number of amides is 2. The van der Waals surface area contributed by atoms with Crippen molar-refractivity contribution < 1.29 is 14.3 Å². The van der Waals surface area contributed by atoms with Gasteiger partial charge in [0.15, 0.2) is 12.3 Å². The van der Waals surface area contributed by atoms with Gasteiger partial charge in [0.2, 0.25) is 5.95 Å². The van der Waals surface area contributed by atoms with Gasteiger partial charge in [0.1, 0.15) is 5.75 Å². The summed E-state index contributed by atoms with van der Waals surface area (Å²) in [5, 5.41) is 5.70. The van der Waals surface area contributed by atoms with Gasteiger partial charge >= 0.3 is 0 Å². The number of anilines is 3. The third kappa shape index (κ3) is 5.53. The number of hydrogen-bond acceptors (Lipinski definition) is 6. The van der Waals surface area contributed by atoms with E-state index in [4.69, 9.17) is 16.3 Å². The van der Waals surface area contributed by atoms with E-state index in [0.717, 1.165) is 25.9 Å². The Morgan fingerprint density at radius 1 is 1.00 bits per heavy atom. The molecule has 1 aliphatic rings. The van der Waals surface area contributed by atoms with Crippen molar-refractivity contribution in [2.24, 2.45) is 0 Å². The quantitative estimate of drug-likeness (QED) is 0.563. The molecule has 0 aliphatic carbocycles. The molecule has 0 atom stereocenters. The molecule has 2 aromatic carbocycles. The number of carbonyl (C=O) groups is 2. The molecule has 32 heavy (non-hydrogen) atoms. The van der Waals surface area contributed by atoms with Gasteiger partial charge in [-0.25, -0.2) is 9.97 Å². The largest absolute Gasteiger partial charge is 0.484 e. The summed E-state index contributed by atoms with van der Waals surface area (Å²) in [5.74, 6) is 0.209. The SMILES string of the molecule is O=C(COc1cccc(NC(=O)c2nc(N3CCCC3)ncc2Cl)c1)Nc1ccccc1. The van der Waals surface area contributed by atoms with Gasteiger partial charge in [0, 0.05) is 30.5 Å². The lowest BCUT2D eigenvalue weighted by Crippen LogP contribution is -2.23. The number of hydrogen-bond donors (Lipinski definition) is 2. The maximum Gasteiger partial charge on any atom is 0.276 e. The Morgan fingerprint density at radius 2 is 1.75 bits per heavy atom. The van der Waals surface area contributed by atoms with Gasteiger partial charge in [-0.2, -0.15) is 0 Å². The molecule has 1 fully saturated rings. The molecule has 164 valence electrons. The number of halogens is 1. The van der Waals surface area contributed by atoms with Crippen LogP contribution in [0.4, 0.5) is 17.3 Å². The lowest BCUT2D eigenvalue weighted by molar-refractivity contribution is -0.118. The number of aromatic nitrogens is 2. The summed E-state index contributed by atoms with van der Waals surface area (Å²) >= 11 is 6.17. The zero-order chi connectivity index (χ0) is 22.3. The Morgan fingerprint density at radius 3 is 2.53 bits per heavy atom. The molecule has 0 unspecified atom stereocenters. The normalized spacial score (nSPS) is 13.0. The molecule has 0 saturated carbocycles. The van der Waals surface area contributed by atoms with Gasteiger partial charge in [-0.15, -0.1) is 0 Å². The van der Waals surface area contributed by atoms with Crippen LogP contribution in [0.15, 0.2) is 60.8 Å². The molecule has 0 radical (unpaired) electrons. The van der Waals surface area contributed by atoms with Crippen LogP contribution in [-0.2, 0) is 4.79 Å². The average molecular weight is 452 g/mol. The van der Waals surface area contributed by atoms with E-state index >= 15 is 0 Å². The number of carbonyl (C=O) groups excluding carboxylic acids is 2. The van der Waals surface area contributed by atoms with Crippen LogP contribution >= 0.6 is 11.6 Å². The molecule has 8 nitrogen and oxygen atoms in total. The van der Waals surface area contributed by atoms with Gasteiger partial charge in [-0.1, -0.05) is 35.9 Å². The molecule has 3 aromatic rings.